The number of ether oxygens (including phenoxy) is 1. The van der Waals surface area contributed by atoms with Crippen molar-refractivity contribution in [3.8, 4) is 5.75 Å². The topological polar surface area (TPSA) is 67.4 Å². The van der Waals surface area contributed by atoms with Gasteiger partial charge in [-0.15, -0.1) is 5.10 Å². The van der Waals surface area contributed by atoms with Crippen LogP contribution in [-0.2, 0) is 11.3 Å². The summed E-state index contributed by atoms with van der Waals surface area (Å²) in [4.78, 5) is 15.3. The second kappa shape index (κ2) is 9.49. The zero-order valence-corrected chi connectivity index (χ0v) is 18.0. The Balaban J connectivity index is 1.65. The SMILES string of the molecule is COc1ccccc1/C=N\N=C1\S/C(=C\c2ccccc2C)C(=O)N1Cc1ccco1. The molecule has 1 amide bonds. The van der Waals surface area contributed by atoms with E-state index in [4.69, 9.17) is 9.15 Å². The number of rotatable bonds is 6. The highest BCUT2D eigenvalue weighted by Crippen LogP contribution is 2.34. The summed E-state index contributed by atoms with van der Waals surface area (Å²) in [5.74, 6) is 1.25. The molecule has 1 fully saturated rings. The quantitative estimate of drug-likeness (QED) is 0.309. The predicted octanol–water partition coefficient (Wildman–Crippen LogP) is 5.10. The molecule has 1 saturated heterocycles. The van der Waals surface area contributed by atoms with Crippen molar-refractivity contribution in [2.45, 2.75) is 13.5 Å². The number of para-hydroxylation sites is 1. The van der Waals surface area contributed by atoms with Crippen molar-refractivity contribution < 1.29 is 13.9 Å². The van der Waals surface area contributed by atoms with E-state index in [1.165, 1.54) is 11.8 Å². The zero-order valence-electron chi connectivity index (χ0n) is 17.2. The van der Waals surface area contributed by atoms with Crippen LogP contribution in [0.25, 0.3) is 6.08 Å². The minimum atomic E-state index is -0.129. The molecule has 0 saturated carbocycles. The van der Waals surface area contributed by atoms with Gasteiger partial charge in [-0.3, -0.25) is 9.69 Å². The number of carbonyl (C=O) groups excluding carboxylic acids is 1. The van der Waals surface area contributed by atoms with Crippen LogP contribution >= 0.6 is 11.8 Å². The number of furan rings is 1. The van der Waals surface area contributed by atoms with Crippen LogP contribution in [0.1, 0.15) is 22.5 Å². The van der Waals surface area contributed by atoms with Crippen LogP contribution in [0.4, 0.5) is 0 Å². The average molecular weight is 432 g/mol. The van der Waals surface area contributed by atoms with Gasteiger partial charge >= 0.3 is 0 Å². The van der Waals surface area contributed by atoms with Gasteiger partial charge in [0, 0.05) is 5.56 Å². The molecule has 6 nitrogen and oxygen atoms in total. The van der Waals surface area contributed by atoms with E-state index in [0.717, 1.165) is 16.7 Å². The van der Waals surface area contributed by atoms with E-state index in [-0.39, 0.29) is 12.5 Å². The molecule has 7 heteroatoms. The Labute approximate surface area is 184 Å². The summed E-state index contributed by atoms with van der Waals surface area (Å²) < 4.78 is 10.8. The number of amides is 1. The first kappa shape index (κ1) is 20.7. The van der Waals surface area contributed by atoms with Gasteiger partial charge in [-0.2, -0.15) is 5.10 Å². The largest absolute Gasteiger partial charge is 0.496 e. The first-order valence-electron chi connectivity index (χ1n) is 9.69. The van der Waals surface area contributed by atoms with E-state index in [1.54, 1.807) is 30.6 Å². The number of carbonyl (C=O) groups is 1. The summed E-state index contributed by atoms with van der Waals surface area (Å²) in [6.45, 7) is 2.30. The summed E-state index contributed by atoms with van der Waals surface area (Å²) in [7, 11) is 1.61. The zero-order chi connectivity index (χ0) is 21.6. The Bertz CT molecular complexity index is 1170. The van der Waals surface area contributed by atoms with Gasteiger partial charge < -0.3 is 9.15 Å². The molecule has 2 heterocycles. The Kier molecular flexibility index (Phi) is 6.33. The lowest BCUT2D eigenvalue weighted by Gasteiger charge is -2.12. The van der Waals surface area contributed by atoms with Crippen molar-refractivity contribution in [3.63, 3.8) is 0 Å². The van der Waals surface area contributed by atoms with Gasteiger partial charge in [0.2, 0.25) is 0 Å². The highest BCUT2D eigenvalue weighted by Gasteiger charge is 2.34. The number of methoxy groups -OCH3 is 1. The van der Waals surface area contributed by atoms with Crippen molar-refractivity contribution >= 4 is 35.1 Å². The van der Waals surface area contributed by atoms with Gasteiger partial charge in [0.1, 0.15) is 11.5 Å². The third-order valence-corrected chi connectivity index (χ3v) is 5.73. The Hall–Kier alpha value is -3.58. The Morgan fingerprint density at radius 3 is 2.58 bits per heavy atom. The summed E-state index contributed by atoms with van der Waals surface area (Å²) in [5.41, 5.74) is 2.90. The molecule has 0 radical (unpaired) electrons. The average Bonchev–Trinajstić information content (AvgIpc) is 3.40. The van der Waals surface area contributed by atoms with Crippen molar-refractivity contribution in [3.05, 3.63) is 94.3 Å². The van der Waals surface area contributed by atoms with Crippen molar-refractivity contribution in [1.82, 2.24) is 4.90 Å². The summed E-state index contributed by atoms with van der Waals surface area (Å²) in [6.07, 6.45) is 5.10. The van der Waals surface area contributed by atoms with Crippen LogP contribution in [0, 0.1) is 6.92 Å². The fourth-order valence-electron chi connectivity index (χ4n) is 3.08. The lowest BCUT2D eigenvalue weighted by molar-refractivity contribution is -0.122. The minimum Gasteiger partial charge on any atom is -0.496 e. The second-order valence-electron chi connectivity index (χ2n) is 6.81. The molecule has 0 atom stereocenters. The highest BCUT2D eigenvalue weighted by molar-refractivity contribution is 8.18. The van der Waals surface area contributed by atoms with Gasteiger partial charge in [-0.1, -0.05) is 36.4 Å². The molecule has 0 unspecified atom stereocenters. The number of thioether (sulfide) groups is 1. The lowest BCUT2D eigenvalue weighted by Crippen LogP contribution is -2.28. The van der Waals surface area contributed by atoms with Crippen molar-refractivity contribution in [2.75, 3.05) is 7.11 Å². The molecule has 0 spiro atoms. The molecular formula is C24H21N3O3S. The molecule has 0 N–H and O–H groups in total. The van der Waals surface area contributed by atoms with Gasteiger partial charge in [0.25, 0.3) is 5.91 Å². The molecule has 1 aromatic heterocycles. The smallest absolute Gasteiger partial charge is 0.267 e. The molecule has 0 aliphatic carbocycles. The first-order chi connectivity index (χ1) is 15.2. The lowest BCUT2D eigenvalue weighted by atomic mass is 10.1. The molecule has 1 aliphatic heterocycles. The predicted molar refractivity (Wildman–Crippen MR) is 124 cm³/mol. The molecule has 2 aromatic carbocycles. The monoisotopic (exact) mass is 431 g/mol. The van der Waals surface area contributed by atoms with Crippen molar-refractivity contribution in [1.29, 1.82) is 0 Å². The van der Waals surface area contributed by atoms with Crippen LogP contribution in [-0.4, -0.2) is 29.3 Å². The molecule has 4 rings (SSSR count). The van der Waals surface area contributed by atoms with Crippen LogP contribution in [0.15, 0.2) is 86.5 Å². The van der Waals surface area contributed by atoms with Crippen molar-refractivity contribution in [2.24, 2.45) is 10.2 Å². The van der Waals surface area contributed by atoms with E-state index in [2.05, 4.69) is 10.2 Å². The van der Waals surface area contributed by atoms with Gasteiger partial charge in [-0.05, 0) is 60.2 Å². The first-order valence-corrected chi connectivity index (χ1v) is 10.5. The van der Waals surface area contributed by atoms with Gasteiger partial charge in [0.15, 0.2) is 5.17 Å². The molecule has 3 aromatic rings. The number of aryl methyl sites for hydroxylation is 1. The fraction of sp³-hybridized carbons (Fsp3) is 0.125. The molecular weight excluding hydrogens is 410 g/mol. The maximum atomic E-state index is 13.1. The van der Waals surface area contributed by atoms with Crippen LogP contribution < -0.4 is 4.74 Å². The number of amidine groups is 1. The van der Waals surface area contributed by atoms with Gasteiger partial charge in [-0.25, -0.2) is 0 Å². The molecule has 0 bridgehead atoms. The molecule has 31 heavy (non-hydrogen) atoms. The van der Waals surface area contributed by atoms with Gasteiger partial charge in [0.05, 0.1) is 31.0 Å². The Morgan fingerprint density at radius 2 is 1.84 bits per heavy atom. The third kappa shape index (κ3) is 4.78. The summed E-state index contributed by atoms with van der Waals surface area (Å²) in [5, 5.41) is 9.05. The van der Waals surface area contributed by atoms with Crippen LogP contribution in [0.5, 0.6) is 5.75 Å². The van der Waals surface area contributed by atoms with E-state index >= 15 is 0 Å². The number of hydrogen-bond donors (Lipinski definition) is 0. The summed E-state index contributed by atoms with van der Waals surface area (Å²) >= 11 is 1.30. The number of benzene rings is 2. The molecule has 156 valence electrons. The molecule has 1 aliphatic rings. The van der Waals surface area contributed by atoms with E-state index in [1.807, 2.05) is 67.6 Å². The maximum absolute atomic E-state index is 13.1. The minimum absolute atomic E-state index is 0.129. The van der Waals surface area contributed by atoms with E-state index in [9.17, 15) is 4.79 Å². The second-order valence-corrected chi connectivity index (χ2v) is 7.82. The standard InChI is InChI=1S/C24H21N3O3S/c1-17-8-3-4-9-18(17)14-22-23(28)27(16-20-11-7-13-30-20)24(31-22)26-25-15-19-10-5-6-12-21(19)29-2/h3-15H,16H2,1-2H3/b22-14-,25-15-,26-24+. The normalized spacial score (nSPS) is 16.7. The third-order valence-electron chi connectivity index (χ3n) is 4.74. The van der Waals surface area contributed by atoms with E-state index < -0.39 is 0 Å². The van der Waals surface area contributed by atoms with E-state index in [0.29, 0.717) is 21.6 Å². The Morgan fingerprint density at radius 1 is 1.06 bits per heavy atom. The van der Waals surface area contributed by atoms with Crippen LogP contribution in [0.3, 0.4) is 0 Å². The van der Waals surface area contributed by atoms with Crippen LogP contribution in [0.2, 0.25) is 0 Å². The maximum Gasteiger partial charge on any atom is 0.267 e. The highest BCUT2D eigenvalue weighted by atomic mass is 32.2. The number of nitrogens with zero attached hydrogens (tertiary/aromatic N) is 3. The summed E-state index contributed by atoms with van der Waals surface area (Å²) in [6, 6.07) is 19.1. The fourth-order valence-corrected chi connectivity index (χ4v) is 4.01. The number of hydrogen-bond acceptors (Lipinski definition) is 6.